The summed E-state index contributed by atoms with van der Waals surface area (Å²) in [5, 5.41) is 3.57. The molecule has 1 saturated heterocycles. The zero-order chi connectivity index (χ0) is 10.5. The second kappa shape index (κ2) is 5.80. The van der Waals surface area contributed by atoms with Crippen molar-refractivity contribution in [3.8, 4) is 0 Å². The Hall–Kier alpha value is -0.160. The maximum absolute atomic E-state index is 6.00. The molecular formula is C11H23N3O. The van der Waals surface area contributed by atoms with E-state index in [1.807, 2.05) is 0 Å². The highest BCUT2D eigenvalue weighted by Gasteiger charge is 2.23. The highest BCUT2D eigenvalue weighted by Crippen LogP contribution is 2.16. The number of hydrogen-bond donors (Lipinski definition) is 2. The third-order valence-corrected chi connectivity index (χ3v) is 3.51. The van der Waals surface area contributed by atoms with Gasteiger partial charge in [-0.2, -0.15) is 0 Å². The second-order valence-electron chi connectivity index (χ2n) is 4.61. The molecule has 2 atom stereocenters. The van der Waals surface area contributed by atoms with E-state index in [-0.39, 0.29) is 0 Å². The van der Waals surface area contributed by atoms with Gasteiger partial charge in [-0.15, -0.1) is 0 Å². The molecule has 0 bridgehead atoms. The van der Waals surface area contributed by atoms with Crippen LogP contribution in [0.5, 0.6) is 0 Å². The molecule has 1 heterocycles. The van der Waals surface area contributed by atoms with E-state index in [2.05, 4.69) is 10.2 Å². The van der Waals surface area contributed by atoms with Crippen molar-refractivity contribution >= 4 is 0 Å². The van der Waals surface area contributed by atoms with Gasteiger partial charge in [0.1, 0.15) is 0 Å². The van der Waals surface area contributed by atoms with Gasteiger partial charge in [-0.1, -0.05) is 6.42 Å². The van der Waals surface area contributed by atoms with Gasteiger partial charge in [0.2, 0.25) is 0 Å². The lowest BCUT2D eigenvalue weighted by Crippen LogP contribution is -2.46. The van der Waals surface area contributed by atoms with E-state index in [9.17, 15) is 0 Å². The summed E-state index contributed by atoms with van der Waals surface area (Å²) in [5.41, 5.74) is 6.00. The molecule has 0 aromatic carbocycles. The molecule has 3 N–H and O–H groups in total. The zero-order valence-electron chi connectivity index (χ0n) is 9.45. The summed E-state index contributed by atoms with van der Waals surface area (Å²) in [6, 6.07) is 0.945. The van der Waals surface area contributed by atoms with Crippen LogP contribution >= 0.6 is 0 Å². The van der Waals surface area contributed by atoms with Crippen molar-refractivity contribution in [2.45, 2.75) is 31.3 Å². The minimum absolute atomic E-state index is 0.384. The van der Waals surface area contributed by atoms with Crippen molar-refractivity contribution in [1.82, 2.24) is 10.2 Å². The number of nitrogens with two attached hydrogens (primary N) is 1. The fraction of sp³-hybridized carbons (Fsp3) is 1.00. The fourth-order valence-corrected chi connectivity index (χ4v) is 2.47. The summed E-state index contributed by atoms with van der Waals surface area (Å²) in [7, 11) is 0. The van der Waals surface area contributed by atoms with Crippen molar-refractivity contribution in [2.75, 3.05) is 39.4 Å². The quantitative estimate of drug-likeness (QED) is 0.678. The molecule has 0 amide bonds. The normalized spacial score (nSPS) is 33.4. The Labute approximate surface area is 92.1 Å². The predicted octanol–water partition coefficient (Wildman–Crippen LogP) is -0.212. The van der Waals surface area contributed by atoms with Crippen molar-refractivity contribution in [3.63, 3.8) is 0 Å². The summed E-state index contributed by atoms with van der Waals surface area (Å²) < 4.78 is 5.31. The van der Waals surface area contributed by atoms with Gasteiger partial charge >= 0.3 is 0 Å². The average Bonchev–Trinajstić information content (AvgIpc) is 2.66. The molecule has 1 saturated carbocycles. The average molecular weight is 213 g/mol. The Bertz CT molecular complexity index is 183. The summed E-state index contributed by atoms with van der Waals surface area (Å²) in [6.45, 7) is 6.15. The first kappa shape index (κ1) is 11.3. The molecule has 2 aliphatic rings. The second-order valence-corrected chi connectivity index (χ2v) is 4.61. The monoisotopic (exact) mass is 213 g/mol. The molecule has 4 nitrogen and oxygen atoms in total. The molecule has 15 heavy (non-hydrogen) atoms. The van der Waals surface area contributed by atoms with Crippen LogP contribution < -0.4 is 11.1 Å². The lowest BCUT2D eigenvalue weighted by molar-refractivity contribution is 0.0381. The van der Waals surface area contributed by atoms with Gasteiger partial charge < -0.3 is 15.8 Å². The van der Waals surface area contributed by atoms with Crippen LogP contribution in [0.15, 0.2) is 0 Å². The number of morpholine rings is 1. The first-order valence-electron chi connectivity index (χ1n) is 6.15. The SMILES string of the molecule is NC1CCCC1NCCN1CCOCC1. The van der Waals surface area contributed by atoms with Gasteiger partial charge in [0, 0.05) is 38.3 Å². The lowest BCUT2D eigenvalue weighted by atomic mass is 10.2. The molecule has 1 aliphatic carbocycles. The Kier molecular flexibility index (Phi) is 4.38. The van der Waals surface area contributed by atoms with E-state index < -0.39 is 0 Å². The molecule has 0 aromatic rings. The van der Waals surface area contributed by atoms with Gasteiger partial charge in [-0.25, -0.2) is 0 Å². The largest absolute Gasteiger partial charge is 0.379 e. The van der Waals surface area contributed by atoms with Crippen LogP contribution in [-0.4, -0.2) is 56.4 Å². The van der Waals surface area contributed by atoms with Crippen LogP contribution in [0, 0.1) is 0 Å². The molecule has 2 fully saturated rings. The third-order valence-electron chi connectivity index (χ3n) is 3.51. The summed E-state index contributed by atoms with van der Waals surface area (Å²) >= 11 is 0. The zero-order valence-corrected chi connectivity index (χ0v) is 9.45. The lowest BCUT2D eigenvalue weighted by Gasteiger charge is -2.27. The van der Waals surface area contributed by atoms with E-state index in [1.54, 1.807) is 0 Å². The van der Waals surface area contributed by atoms with Crippen LogP contribution in [0.3, 0.4) is 0 Å². The Morgan fingerprint density at radius 1 is 1.27 bits per heavy atom. The Balaban J connectivity index is 1.57. The first-order chi connectivity index (χ1) is 7.36. The summed E-state index contributed by atoms with van der Waals surface area (Å²) in [6.07, 6.45) is 3.73. The maximum Gasteiger partial charge on any atom is 0.0594 e. The van der Waals surface area contributed by atoms with Gasteiger partial charge in [0.05, 0.1) is 13.2 Å². The van der Waals surface area contributed by atoms with Gasteiger partial charge in [0.15, 0.2) is 0 Å². The molecule has 0 radical (unpaired) electrons. The van der Waals surface area contributed by atoms with Crippen LogP contribution in [0.4, 0.5) is 0 Å². The van der Waals surface area contributed by atoms with Gasteiger partial charge in [-0.05, 0) is 12.8 Å². The third kappa shape index (κ3) is 3.41. The number of nitrogens with one attached hydrogen (secondary N) is 1. The molecule has 88 valence electrons. The highest BCUT2D eigenvalue weighted by atomic mass is 16.5. The fourth-order valence-electron chi connectivity index (χ4n) is 2.47. The van der Waals surface area contributed by atoms with Crippen molar-refractivity contribution in [1.29, 1.82) is 0 Å². The van der Waals surface area contributed by atoms with Crippen LogP contribution in [-0.2, 0) is 4.74 Å². The molecule has 1 aliphatic heterocycles. The van der Waals surface area contributed by atoms with Gasteiger partial charge in [-0.3, -0.25) is 4.90 Å². The standard InChI is InChI=1S/C11H23N3O/c12-10-2-1-3-11(10)13-4-5-14-6-8-15-9-7-14/h10-11,13H,1-9,12H2. The van der Waals surface area contributed by atoms with E-state index in [0.29, 0.717) is 12.1 Å². The van der Waals surface area contributed by atoms with Gasteiger partial charge in [0.25, 0.3) is 0 Å². The van der Waals surface area contributed by atoms with E-state index >= 15 is 0 Å². The molecule has 0 spiro atoms. The van der Waals surface area contributed by atoms with Crippen LogP contribution in [0.1, 0.15) is 19.3 Å². The highest BCUT2D eigenvalue weighted by molar-refractivity contribution is 4.85. The minimum Gasteiger partial charge on any atom is -0.379 e. The predicted molar refractivity (Wildman–Crippen MR) is 60.9 cm³/mol. The van der Waals surface area contributed by atoms with Crippen LogP contribution in [0.2, 0.25) is 0 Å². The topological polar surface area (TPSA) is 50.5 Å². The number of nitrogens with zero attached hydrogens (tertiary/aromatic N) is 1. The molecule has 0 aromatic heterocycles. The first-order valence-corrected chi connectivity index (χ1v) is 6.15. The Morgan fingerprint density at radius 2 is 2.07 bits per heavy atom. The number of ether oxygens (including phenoxy) is 1. The molecule has 4 heteroatoms. The van der Waals surface area contributed by atoms with Crippen molar-refractivity contribution in [2.24, 2.45) is 5.73 Å². The molecular weight excluding hydrogens is 190 g/mol. The summed E-state index contributed by atoms with van der Waals surface area (Å²) in [4.78, 5) is 2.46. The van der Waals surface area contributed by atoms with Crippen molar-refractivity contribution < 1.29 is 4.74 Å². The number of hydrogen-bond acceptors (Lipinski definition) is 4. The number of rotatable bonds is 4. The summed E-state index contributed by atoms with van der Waals surface area (Å²) in [5.74, 6) is 0. The van der Waals surface area contributed by atoms with Crippen LogP contribution in [0.25, 0.3) is 0 Å². The van der Waals surface area contributed by atoms with Crippen molar-refractivity contribution in [3.05, 3.63) is 0 Å². The Morgan fingerprint density at radius 3 is 2.73 bits per heavy atom. The van der Waals surface area contributed by atoms with E-state index in [4.69, 9.17) is 10.5 Å². The smallest absolute Gasteiger partial charge is 0.0594 e. The molecule has 2 unspecified atom stereocenters. The van der Waals surface area contributed by atoms with E-state index in [1.165, 1.54) is 19.3 Å². The minimum atomic E-state index is 0.384. The molecule has 2 rings (SSSR count). The maximum atomic E-state index is 6.00. The van der Waals surface area contributed by atoms with E-state index in [0.717, 1.165) is 39.4 Å².